The number of fused-ring (bicyclic) bond motifs is 2. The van der Waals surface area contributed by atoms with Crippen LogP contribution in [0, 0.1) is 0 Å². The Morgan fingerprint density at radius 3 is 2.13 bits per heavy atom. The van der Waals surface area contributed by atoms with Gasteiger partial charge in [-0.05, 0) is 36.4 Å². The van der Waals surface area contributed by atoms with Gasteiger partial charge in [0.2, 0.25) is 0 Å². The summed E-state index contributed by atoms with van der Waals surface area (Å²) < 4.78 is 0. The van der Waals surface area contributed by atoms with Crippen molar-refractivity contribution in [2.75, 3.05) is 16.0 Å². The summed E-state index contributed by atoms with van der Waals surface area (Å²) >= 11 is 0. The molecule has 3 N–H and O–H groups in total. The van der Waals surface area contributed by atoms with Gasteiger partial charge in [-0.3, -0.25) is 4.79 Å². The Morgan fingerprint density at radius 2 is 1.35 bits per heavy atom. The Hall–Kier alpha value is -3.27. The molecule has 0 radical (unpaired) electrons. The first kappa shape index (κ1) is 13.4. The van der Waals surface area contributed by atoms with Gasteiger partial charge >= 0.3 is 0 Å². The van der Waals surface area contributed by atoms with E-state index in [2.05, 4.69) is 16.0 Å². The van der Waals surface area contributed by atoms with E-state index in [4.69, 9.17) is 0 Å². The fourth-order valence-electron chi connectivity index (χ4n) is 2.68. The number of anilines is 5. The molecule has 0 saturated heterocycles. The summed E-state index contributed by atoms with van der Waals surface area (Å²) in [4.78, 5) is 12.6. The molecule has 0 unspecified atom stereocenters. The third-order valence-electron chi connectivity index (χ3n) is 3.80. The minimum absolute atomic E-state index is 0.137. The topological polar surface area (TPSA) is 53.2 Å². The van der Waals surface area contributed by atoms with Gasteiger partial charge in [-0.15, -0.1) is 0 Å². The van der Waals surface area contributed by atoms with Crippen LogP contribution in [0.25, 0.3) is 0 Å². The Balaban J connectivity index is 1.68. The molecule has 3 aromatic rings. The van der Waals surface area contributed by atoms with Crippen LogP contribution in [-0.2, 0) is 0 Å². The van der Waals surface area contributed by atoms with Gasteiger partial charge in [0, 0.05) is 5.69 Å². The van der Waals surface area contributed by atoms with Crippen molar-refractivity contribution in [2.45, 2.75) is 0 Å². The van der Waals surface area contributed by atoms with E-state index in [0.29, 0.717) is 5.56 Å². The van der Waals surface area contributed by atoms with Crippen molar-refractivity contribution >= 4 is 34.3 Å². The van der Waals surface area contributed by atoms with Gasteiger partial charge in [0.15, 0.2) is 0 Å². The summed E-state index contributed by atoms with van der Waals surface area (Å²) in [6.07, 6.45) is 0. The Morgan fingerprint density at radius 1 is 0.696 bits per heavy atom. The molecule has 0 fully saturated rings. The van der Waals surface area contributed by atoms with Crippen LogP contribution < -0.4 is 16.0 Å². The van der Waals surface area contributed by atoms with Crippen LogP contribution in [0.2, 0.25) is 0 Å². The predicted molar refractivity (Wildman–Crippen MR) is 93.8 cm³/mol. The van der Waals surface area contributed by atoms with E-state index in [1.54, 1.807) is 0 Å². The first-order chi connectivity index (χ1) is 11.3. The van der Waals surface area contributed by atoms with Gasteiger partial charge in [-0.2, -0.15) is 0 Å². The van der Waals surface area contributed by atoms with Crippen molar-refractivity contribution in [3.05, 3.63) is 78.4 Å². The molecular weight excluding hydrogens is 286 g/mol. The first-order valence-electron chi connectivity index (χ1n) is 7.44. The SMILES string of the molecule is O=C(Nc1ccccc1)c1cccc2c1Nc1ccccc1N2. The van der Waals surface area contributed by atoms with Gasteiger partial charge in [-0.1, -0.05) is 36.4 Å². The van der Waals surface area contributed by atoms with Gasteiger partial charge < -0.3 is 16.0 Å². The molecule has 0 saturated carbocycles. The number of benzene rings is 3. The molecule has 3 aromatic carbocycles. The predicted octanol–water partition coefficient (Wildman–Crippen LogP) is 4.74. The molecule has 23 heavy (non-hydrogen) atoms. The summed E-state index contributed by atoms with van der Waals surface area (Å²) in [6, 6.07) is 23.0. The van der Waals surface area contributed by atoms with Crippen molar-refractivity contribution in [3.8, 4) is 0 Å². The summed E-state index contributed by atoms with van der Waals surface area (Å²) in [7, 11) is 0. The smallest absolute Gasteiger partial charge is 0.257 e. The second-order valence-electron chi connectivity index (χ2n) is 5.34. The minimum Gasteiger partial charge on any atom is -0.352 e. The van der Waals surface area contributed by atoms with Crippen molar-refractivity contribution < 1.29 is 4.79 Å². The number of rotatable bonds is 2. The van der Waals surface area contributed by atoms with Crippen molar-refractivity contribution in [3.63, 3.8) is 0 Å². The lowest BCUT2D eigenvalue weighted by molar-refractivity contribution is 0.102. The van der Waals surface area contributed by atoms with E-state index < -0.39 is 0 Å². The second-order valence-corrected chi connectivity index (χ2v) is 5.34. The molecule has 0 aliphatic carbocycles. The number of carbonyl (C=O) groups is 1. The lowest BCUT2D eigenvalue weighted by atomic mass is 10.1. The van der Waals surface area contributed by atoms with E-state index >= 15 is 0 Å². The normalized spacial score (nSPS) is 11.5. The molecule has 112 valence electrons. The van der Waals surface area contributed by atoms with Crippen LogP contribution in [0.4, 0.5) is 28.4 Å². The molecule has 4 nitrogen and oxygen atoms in total. The molecular formula is C19H15N3O. The molecule has 1 amide bonds. The fourth-order valence-corrected chi connectivity index (χ4v) is 2.68. The average Bonchev–Trinajstić information content (AvgIpc) is 2.60. The van der Waals surface area contributed by atoms with Gasteiger partial charge in [0.25, 0.3) is 5.91 Å². The van der Waals surface area contributed by atoms with Gasteiger partial charge in [-0.25, -0.2) is 0 Å². The van der Waals surface area contributed by atoms with E-state index in [1.807, 2.05) is 72.8 Å². The van der Waals surface area contributed by atoms with Crippen molar-refractivity contribution in [2.24, 2.45) is 0 Å². The zero-order valence-electron chi connectivity index (χ0n) is 12.3. The maximum atomic E-state index is 12.6. The highest BCUT2D eigenvalue weighted by Gasteiger charge is 2.20. The molecule has 1 heterocycles. The van der Waals surface area contributed by atoms with E-state index in [-0.39, 0.29) is 5.91 Å². The van der Waals surface area contributed by atoms with Crippen LogP contribution in [0.3, 0.4) is 0 Å². The Bertz CT molecular complexity index is 875. The summed E-state index contributed by atoms with van der Waals surface area (Å²) in [5.41, 5.74) is 5.03. The van der Waals surface area contributed by atoms with Crippen LogP contribution in [0.15, 0.2) is 72.8 Å². The molecule has 4 rings (SSSR count). The monoisotopic (exact) mass is 301 g/mol. The van der Waals surface area contributed by atoms with Gasteiger partial charge in [0.1, 0.15) is 0 Å². The van der Waals surface area contributed by atoms with Crippen LogP contribution >= 0.6 is 0 Å². The molecule has 0 atom stereocenters. The average molecular weight is 301 g/mol. The third-order valence-corrected chi connectivity index (χ3v) is 3.80. The highest BCUT2D eigenvalue weighted by Crippen LogP contribution is 2.40. The lowest BCUT2D eigenvalue weighted by Crippen LogP contribution is -2.16. The molecule has 0 aromatic heterocycles. The number of hydrogen-bond acceptors (Lipinski definition) is 3. The van der Waals surface area contributed by atoms with Crippen LogP contribution in [0.1, 0.15) is 10.4 Å². The van der Waals surface area contributed by atoms with Crippen molar-refractivity contribution in [1.82, 2.24) is 0 Å². The van der Waals surface area contributed by atoms with Gasteiger partial charge in [0.05, 0.1) is 28.3 Å². The summed E-state index contributed by atoms with van der Waals surface area (Å²) in [5.74, 6) is -0.137. The lowest BCUT2D eigenvalue weighted by Gasteiger charge is -2.24. The quantitative estimate of drug-likeness (QED) is 0.501. The zero-order valence-corrected chi connectivity index (χ0v) is 12.3. The zero-order chi connectivity index (χ0) is 15.6. The number of para-hydroxylation sites is 4. The molecule has 4 heteroatoms. The highest BCUT2D eigenvalue weighted by atomic mass is 16.1. The maximum Gasteiger partial charge on any atom is 0.257 e. The number of hydrogen-bond donors (Lipinski definition) is 3. The molecule has 0 bridgehead atoms. The second kappa shape index (κ2) is 5.50. The number of carbonyl (C=O) groups excluding carboxylic acids is 1. The summed E-state index contributed by atoms with van der Waals surface area (Å²) in [5, 5.41) is 9.64. The first-order valence-corrected chi connectivity index (χ1v) is 7.44. The third kappa shape index (κ3) is 2.51. The largest absolute Gasteiger partial charge is 0.352 e. The molecule has 1 aliphatic heterocycles. The minimum atomic E-state index is -0.137. The highest BCUT2D eigenvalue weighted by molar-refractivity contribution is 6.11. The fraction of sp³-hybridized carbons (Fsp3) is 0. The van der Waals surface area contributed by atoms with Crippen LogP contribution in [-0.4, -0.2) is 5.91 Å². The number of amides is 1. The maximum absolute atomic E-state index is 12.6. The Labute approximate surface area is 134 Å². The molecule has 0 spiro atoms. The van der Waals surface area contributed by atoms with E-state index in [9.17, 15) is 4.79 Å². The van der Waals surface area contributed by atoms with Crippen LogP contribution in [0.5, 0.6) is 0 Å². The number of nitrogens with one attached hydrogen (secondary N) is 3. The Kier molecular flexibility index (Phi) is 3.20. The summed E-state index contributed by atoms with van der Waals surface area (Å²) in [6.45, 7) is 0. The van der Waals surface area contributed by atoms with Crippen molar-refractivity contribution in [1.29, 1.82) is 0 Å². The van der Waals surface area contributed by atoms with E-state index in [0.717, 1.165) is 28.4 Å². The molecule has 1 aliphatic rings. The standard InChI is InChI=1S/C19H15N3O/c23-19(20-13-7-2-1-3-8-13)14-9-6-12-17-18(14)22-16-11-5-4-10-15(16)21-17/h1-12,21-22H,(H,20,23). The van der Waals surface area contributed by atoms with E-state index in [1.165, 1.54) is 0 Å².